The molecule has 0 saturated heterocycles. The standard InChI is InChI=1S/C12H23NO4.Na/c1-2-3-4-5-6-7-8-13-10(12(16)17)9-11(14)15;/h10,13H,2-9H2,1H3,(H,14,15)(H,16,17);/q;+1/p-1/t10-;/m0./s1. The van der Waals surface area contributed by atoms with Crippen LogP contribution in [0.3, 0.4) is 0 Å². The molecule has 0 amide bonds. The van der Waals surface area contributed by atoms with Gasteiger partial charge in [-0.15, -0.1) is 0 Å². The van der Waals surface area contributed by atoms with Gasteiger partial charge in [0.2, 0.25) is 0 Å². The van der Waals surface area contributed by atoms with E-state index in [0.29, 0.717) is 6.54 Å². The fraction of sp³-hybridized carbons (Fsp3) is 0.833. The number of hydrogen-bond donors (Lipinski definition) is 2. The van der Waals surface area contributed by atoms with E-state index >= 15 is 0 Å². The minimum absolute atomic E-state index is 0. The average Bonchev–Trinajstić information content (AvgIpc) is 2.25. The largest absolute Gasteiger partial charge is 1.00 e. The summed E-state index contributed by atoms with van der Waals surface area (Å²) in [7, 11) is 0. The first-order valence-corrected chi connectivity index (χ1v) is 6.24. The fourth-order valence-electron chi connectivity index (χ4n) is 1.60. The van der Waals surface area contributed by atoms with Crippen LogP contribution in [0.25, 0.3) is 0 Å². The summed E-state index contributed by atoms with van der Waals surface area (Å²) in [4.78, 5) is 21.0. The minimum atomic E-state index is -1.35. The number of carboxylic acids is 2. The molecule has 0 rings (SSSR count). The zero-order valence-corrected chi connectivity index (χ0v) is 13.4. The van der Waals surface area contributed by atoms with Crippen LogP contribution in [-0.2, 0) is 9.59 Å². The van der Waals surface area contributed by atoms with Crippen LogP contribution in [0.15, 0.2) is 0 Å². The molecule has 2 N–H and O–H groups in total. The molecule has 0 spiro atoms. The van der Waals surface area contributed by atoms with Gasteiger partial charge in [0, 0.05) is 0 Å². The van der Waals surface area contributed by atoms with Gasteiger partial charge in [-0.1, -0.05) is 39.0 Å². The number of unbranched alkanes of at least 4 members (excludes halogenated alkanes) is 5. The number of hydrogen-bond acceptors (Lipinski definition) is 4. The Morgan fingerprint density at radius 2 is 1.72 bits per heavy atom. The summed E-state index contributed by atoms with van der Waals surface area (Å²) in [5.41, 5.74) is 0. The van der Waals surface area contributed by atoms with Gasteiger partial charge >= 0.3 is 35.5 Å². The van der Waals surface area contributed by atoms with Gasteiger partial charge in [-0.25, -0.2) is 0 Å². The molecule has 0 bridgehead atoms. The molecule has 0 aromatic carbocycles. The third-order valence-electron chi connectivity index (χ3n) is 2.58. The van der Waals surface area contributed by atoms with Crippen LogP contribution < -0.4 is 40.0 Å². The molecule has 5 nitrogen and oxygen atoms in total. The average molecular weight is 267 g/mol. The predicted octanol–water partition coefficient (Wildman–Crippen LogP) is -2.47. The van der Waals surface area contributed by atoms with Crippen molar-refractivity contribution in [1.82, 2.24) is 5.32 Å². The summed E-state index contributed by atoms with van der Waals surface area (Å²) in [6, 6.07) is -1.08. The summed E-state index contributed by atoms with van der Waals surface area (Å²) in [6.07, 6.45) is 6.25. The molecule has 6 heteroatoms. The van der Waals surface area contributed by atoms with E-state index in [1.165, 1.54) is 19.3 Å². The molecule has 100 valence electrons. The van der Waals surface area contributed by atoms with E-state index < -0.39 is 24.4 Å². The Hall–Kier alpha value is -0.100. The second-order valence-electron chi connectivity index (χ2n) is 4.19. The van der Waals surface area contributed by atoms with E-state index in [9.17, 15) is 14.7 Å². The number of carboxylic acid groups (broad SMARTS) is 2. The van der Waals surface area contributed by atoms with Crippen molar-refractivity contribution in [3.8, 4) is 0 Å². The van der Waals surface area contributed by atoms with Crippen LogP contribution in [0.5, 0.6) is 0 Å². The van der Waals surface area contributed by atoms with Crippen LogP contribution in [0.1, 0.15) is 51.9 Å². The molecule has 0 unspecified atom stereocenters. The third kappa shape index (κ3) is 12.4. The van der Waals surface area contributed by atoms with Crippen molar-refractivity contribution in [2.75, 3.05) is 6.54 Å². The summed E-state index contributed by atoms with van der Waals surface area (Å²) >= 11 is 0. The van der Waals surface area contributed by atoms with Gasteiger partial charge in [-0.3, -0.25) is 4.79 Å². The van der Waals surface area contributed by atoms with Crippen LogP contribution in [0.4, 0.5) is 0 Å². The number of nitrogens with one attached hydrogen (secondary N) is 1. The fourth-order valence-corrected chi connectivity index (χ4v) is 1.60. The Balaban J connectivity index is 0. The molecular weight excluding hydrogens is 245 g/mol. The number of carbonyl (C=O) groups is 2. The molecule has 0 fully saturated rings. The number of rotatable bonds is 11. The summed E-state index contributed by atoms with van der Waals surface area (Å²) < 4.78 is 0. The molecule has 0 radical (unpaired) electrons. The first-order chi connectivity index (χ1) is 8.07. The zero-order chi connectivity index (χ0) is 13.1. The maximum atomic E-state index is 10.6. The van der Waals surface area contributed by atoms with Gasteiger partial charge in [0.1, 0.15) is 0 Å². The summed E-state index contributed by atoms with van der Waals surface area (Å²) in [6.45, 7) is 2.68. The summed E-state index contributed by atoms with van der Waals surface area (Å²) in [5.74, 6) is -2.48. The van der Waals surface area contributed by atoms with Crippen LogP contribution in [0.2, 0.25) is 0 Å². The molecule has 0 aliphatic carbocycles. The Morgan fingerprint density at radius 1 is 1.17 bits per heavy atom. The van der Waals surface area contributed by atoms with Crippen molar-refractivity contribution in [2.45, 2.75) is 57.9 Å². The van der Waals surface area contributed by atoms with Gasteiger partial charge in [-0.2, -0.15) is 0 Å². The van der Waals surface area contributed by atoms with E-state index in [2.05, 4.69) is 12.2 Å². The molecular formula is C12H22NNaO4. The second kappa shape index (κ2) is 13.3. The minimum Gasteiger partial charge on any atom is -0.548 e. The van der Waals surface area contributed by atoms with Crippen molar-refractivity contribution in [1.29, 1.82) is 0 Å². The normalized spacial score (nSPS) is 11.6. The molecule has 0 aliphatic rings. The van der Waals surface area contributed by atoms with Crippen molar-refractivity contribution in [3.63, 3.8) is 0 Å². The van der Waals surface area contributed by atoms with E-state index in [1.807, 2.05) is 0 Å². The van der Waals surface area contributed by atoms with Gasteiger partial charge in [-0.05, 0) is 13.0 Å². The number of aliphatic carboxylic acids is 2. The van der Waals surface area contributed by atoms with Crippen LogP contribution in [-0.4, -0.2) is 29.6 Å². The Kier molecular flexibility index (Phi) is 15.0. The predicted molar refractivity (Wildman–Crippen MR) is 62.4 cm³/mol. The molecule has 18 heavy (non-hydrogen) atoms. The van der Waals surface area contributed by atoms with Gasteiger partial charge < -0.3 is 20.3 Å². The SMILES string of the molecule is CCCCCCCCN[C@@H](CC(=O)O)C(=O)[O-].[Na+]. The van der Waals surface area contributed by atoms with E-state index in [0.717, 1.165) is 19.3 Å². The van der Waals surface area contributed by atoms with E-state index in [-0.39, 0.29) is 29.6 Å². The van der Waals surface area contributed by atoms with Crippen molar-refractivity contribution in [3.05, 3.63) is 0 Å². The Morgan fingerprint density at radius 3 is 2.22 bits per heavy atom. The molecule has 0 saturated carbocycles. The van der Waals surface area contributed by atoms with Crippen molar-refractivity contribution >= 4 is 11.9 Å². The Labute approximate surface area is 131 Å². The molecule has 0 aromatic heterocycles. The van der Waals surface area contributed by atoms with Gasteiger partial charge in [0.15, 0.2) is 0 Å². The van der Waals surface area contributed by atoms with Gasteiger partial charge in [0.25, 0.3) is 0 Å². The van der Waals surface area contributed by atoms with Gasteiger partial charge in [0.05, 0.1) is 18.4 Å². The first kappa shape index (κ1) is 20.2. The topological polar surface area (TPSA) is 89.5 Å². The maximum Gasteiger partial charge on any atom is 1.00 e. The van der Waals surface area contributed by atoms with E-state index in [4.69, 9.17) is 5.11 Å². The zero-order valence-electron chi connectivity index (χ0n) is 11.4. The Bertz CT molecular complexity index is 236. The van der Waals surface area contributed by atoms with Crippen LogP contribution in [0, 0.1) is 0 Å². The monoisotopic (exact) mass is 267 g/mol. The maximum absolute atomic E-state index is 10.6. The molecule has 1 atom stereocenters. The molecule has 0 heterocycles. The molecule has 0 aromatic rings. The molecule has 0 aliphatic heterocycles. The first-order valence-electron chi connectivity index (χ1n) is 6.24. The van der Waals surface area contributed by atoms with Crippen molar-refractivity contribution in [2.24, 2.45) is 0 Å². The quantitative estimate of drug-likeness (QED) is 0.320. The smallest absolute Gasteiger partial charge is 0.548 e. The summed E-state index contributed by atoms with van der Waals surface area (Å²) in [5, 5.41) is 21.8. The second-order valence-corrected chi connectivity index (χ2v) is 4.19. The number of carbonyl (C=O) groups excluding carboxylic acids is 1. The third-order valence-corrected chi connectivity index (χ3v) is 2.58. The van der Waals surface area contributed by atoms with Crippen LogP contribution >= 0.6 is 0 Å². The van der Waals surface area contributed by atoms with E-state index in [1.54, 1.807) is 0 Å². The van der Waals surface area contributed by atoms with Crippen molar-refractivity contribution < 1.29 is 49.4 Å².